The number of nitrogens with two attached hydrogens (primary N) is 1. The number of anilines is 1. The molecule has 0 unspecified atom stereocenters. The molecule has 0 spiro atoms. The maximum atomic E-state index is 5.61. The van der Waals surface area contributed by atoms with E-state index in [2.05, 4.69) is 29.4 Å². The van der Waals surface area contributed by atoms with Crippen LogP contribution in [0.2, 0.25) is 0 Å². The van der Waals surface area contributed by atoms with Gasteiger partial charge in [-0.25, -0.2) is 0 Å². The molecule has 2 rings (SSSR count). The minimum absolute atomic E-state index is 0.512. The highest BCUT2D eigenvalue weighted by atomic mass is 15.1. The minimum atomic E-state index is 0.512. The number of nitrogens with zero attached hydrogens (tertiary/aromatic N) is 2. The van der Waals surface area contributed by atoms with Crippen molar-refractivity contribution in [3.63, 3.8) is 0 Å². The number of aromatic nitrogens is 2. The molecule has 0 amide bonds. The van der Waals surface area contributed by atoms with Gasteiger partial charge in [-0.2, -0.15) is 5.10 Å². The van der Waals surface area contributed by atoms with E-state index >= 15 is 0 Å². The molecule has 1 aromatic rings. The molecule has 2 atom stereocenters. The average Bonchev–Trinajstić information content (AvgIpc) is 2.20. The third-order valence-electron chi connectivity index (χ3n) is 3.18. The van der Waals surface area contributed by atoms with E-state index in [9.17, 15) is 0 Å². The van der Waals surface area contributed by atoms with Gasteiger partial charge in [0.1, 0.15) is 5.82 Å². The predicted molar refractivity (Wildman–Crippen MR) is 60.6 cm³/mol. The van der Waals surface area contributed by atoms with E-state index in [1.165, 1.54) is 5.56 Å². The van der Waals surface area contributed by atoms with E-state index in [1.54, 1.807) is 0 Å². The van der Waals surface area contributed by atoms with Crippen molar-refractivity contribution < 1.29 is 0 Å². The summed E-state index contributed by atoms with van der Waals surface area (Å²) in [6.07, 6.45) is 1.14. The maximum absolute atomic E-state index is 5.61. The Morgan fingerprint density at radius 2 is 2.27 bits per heavy atom. The molecule has 1 aliphatic heterocycles. The average molecular weight is 206 g/mol. The van der Waals surface area contributed by atoms with Crippen LogP contribution in [0.5, 0.6) is 0 Å². The summed E-state index contributed by atoms with van der Waals surface area (Å²) < 4.78 is 0. The largest absolute Gasteiger partial charge is 0.382 e. The first-order valence-corrected chi connectivity index (χ1v) is 5.49. The highest BCUT2D eigenvalue weighted by Gasteiger charge is 2.25. The standard InChI is InChI=1S/C11H18N4/c1-7-5-10(12)14-15-11(7)9-3-4-13-6-8(9)2/h5,8-9,13H,3-4,6H2,1-2H3,(H2,12,14)/t8-,9-/m1/s1. The number of aryl methyl sites for hydroxylation is 1. The summed E-state index contributed by atoms with van der Waals surface area (Å²) in [6.45, 7) is 6.46. The second kappa shape index (κ2) is 4.14. The van der Waals surface area contributed by atoms with E-state index in [0.717, 1.165) is 25.2 Å². The molecular weight excluding hydrogens is 188 g/mol. The molecule has 0 saturated carbocycles. The molecule has 3 N–H and O–H groups in total. The second-order valence-electron chi connectivity index (χ2n) is 4.41. The fourth-order valence-corrected chi connectivity index (χ4v) is 2.30. The fourth-order valence-electron chi connectivity index (χ4n) is 2.30. The van der Waals surface area contributed by atoms with Crippen LogP contribution in [0.4, 0.5) is 5.82 Å². The number of rotatable bonds is 1. The maximum Gasteiger partial charge on any atom is 0.146 e. The van der Waals surface area contributed by atoms with Crippen LogP contribution in [0, 0.1) is 12.8 Å². The Morgan fingerprint density at radius 3 is 2.93 bits per heavy atom. The fraction of sp³-hybridized carbons (Fsp3) is 0.636. The molecule has 15 heavy (non-hydrogen) atoms. The van der Waals surface area contributed by atoms with Gasteiger partial charge < -0.3 is 11.1 Å². The Balaban J connectivity index is 2.27. The van der Waals surface area contributed by atoms with Crippen molar-refractivity contribution >= 4 is 5.82 Å². The summed E-state index contributed by atoms with van der Waals surface area (Å²) >= 11 is 0. The molecule has 1 aromatic heterocycles. The van der Waals surface area contributed by atoms with Gasteiger partial charge in [0.15, 0.2) is 0 Å². The van der Waals surface area contributed by atoms with Crippen LogP contribution in [-0.4, -0.2) is 23.3 Å². The van der Waals surface area contributed by atoms with E-state index in [4.69, 9.17) is 5.73 Å². The van der Waals surface area contributed by atoms with Crippen molar-refractivity contribution in [2.24, 2.45) is 5.92 Å². The third-order valence-corrected chi connectivity index (χ3v) is 3.18. The van der Waals surface area contributed by atoms with Gasteiger partial charge in [-0.15, -0.1) is 5.10 Å². The number of hydrogen-bond donors (Lipinski definition) is 2. The third kappa shape index (κ3) is 2.09. The molecule has 1 fully saturated rings. The van der Waals surface area contributed by atoms with E-state index in [1.807, 2.05) is 6.07 Å². The van der Waals surface area contributed by atoms with Crippen LogP contribution in [0.25, 0.3) is 0 Å². The monoisotopic (exact) mass is 206 g/mol. The molecule has 0 radical (unpaired) electrons. The highest BCUT2D eigenvalue weighted by Crippen LogP contribution is 2.30. The van der Waals surface area contributed by atoms with Crippen LogP contribution in [-0.2, 0) is 0 Å². The normalized spacial score (nSPS) is 26.5. The van der Waals surface area contributed by atoms with Crippen LogP contribution in [0.1, 0.15) is 30.5 Å². The van der Waals surface area contributed by atoms with Crippen molar-refractivity contribution in [1.29, 1.82) is 0 Å². The van der Waals surface area contributed by atoms with Crippen molar-refractivity contribution in [2.75, 3.05) is 18.8 Å². The van der Waals surface area contributed by atoms with Crippen molar-refractivity contribution in [3.8, 4) is 0 Å². The molecule has 2 heterocycles. The first kappa shape index (κ1) is 10.4. The summed E-state index contributed by atoms with van der Waals surface area (Å²) in [6, 6.07) is 1.91. The molecule has 1 saturated heterocycles. The summed E-state index contributed by atoms with van der Waals surface area (Å²) in [4.78, 5) is 0. The lowest BCUT2D eigenvalue weighted by Crippen LogP contribution is -2.34. The van der Waals surface area contributed by atoms with Crippen molar-refractivity contribution in [2.45, 2.75) is 26.2 Å². The molecule has 0 aliphatic carbocycles. The smallest absolute Gasteiger partial charge is 0.146 e. The molecule has 0 aromatic carbocycles. The first-order valence-electron chi connectivity index (χ1n) is 5.49. The van der Waals surface area contributed by atoms with E-state index in [0.29, 0.717) is 17.7 Å². The van der Waals surface area contributed by atoms with Crippen molar-refractivity contribution in [1.82, 2.24) is 15.5 Å². The van der Waals surface area contributed by atoms with Crippen LogP contribution in [0.15, 0.2) is 6.07 Å². The summed E-state index contributed by atoms with van der Waals surface area (Å²) in [7, 11) is 0. The molecule has 4 nitrogen and oxygen atoms in total. The van der Waals surface area contributed by atoms with Gasteiger partial charge in [0, 0.05) is 5.92 Å². The lowest BCUT2D eigenvalue weighted by molar-refractivity contribution is 0.341. The Morgan fingerprint density at radius 1 is 1.47 bits per heavy atom. The summed E-state index contributed by atoms with van der Waals surface area (Å²) in [5, 5.41) is 11.6. The van der Waals surface area contributed by atoms with E-state index < -0.39 is 0 Å². The summed E-state index contributed by atoms with van der Waals surface area (Å²) in [5.74, 6) is 1.66. The summed E-state index contributed by atoms with van der Waals surface area (Å²) in [5.41, 5.74) is 7.90. The Hall–Kier alpha value is -1.16. The van der Waals surface area contributed by atoms with Crippen LogP contribution >= 0.6 is 0 Å². The highest BCUT2D eigenvalue weighted by molar-refractivity contribution is 5.34. The SMILES string of the molecule is Cc1cc(N)nnc1[C@@H]1CCNC[C@H]1C. The second-order valence-corrected chi connectivity index (χ2v) is 4.41. The number of nitrogen functional groups attached to an aromatic ring is 1. The molecular formula is C11H18N4. The van der Waals surface area contributed by atoms with Gasteiger partial charge in [-0.05, 0) is 44.0 Å². The zero-order valence-electron chi connectivity index (χ0n) is 9.33. The Bertz CT molecular complexity index is 350. The van der Waals surface area contributed by atoms with Gasteiger partial charge in [0.2, 0.25) is 0 Å². The topological polar surface area (TPSA) is 63.8 Å². The quantitative estimate of drug-likeness (QED) is 0.721. The van der Waals surface area contributed by atoms with Gasteiger partial charge in [0.25, 0.3) is 0 Å². The van der Waals surface area contributed by atoms with Gasteiger partial charge >= 0.3 is 0 Å². The zero-order valence-corrected chi connectivity index (χ0v) is 9.33. The van der Waals surface area contributed by atoms with E-state index in [-0.39, 0.29) is 0 Å². The van der Waals surface area contributed by atoms with Gasteiger partial charge in [0.05, 0.1) is 5.69 Å². The number of hydrogen-bond acceptors (Lipinski definition) is 4. The van der Waals surface area contributed by atoms with Gasteiger partial charge in [-0.1, -0.05) is 6.92 Å². The number of piperidine rings is 1. The molecule has 1 aliphatic rings. The lowest BCUT2D eigenvalue weighted by atomic mass is 9.84. The molecule has 0 bridgehead atoms. The zero-order chi connectivity index (χ0) is 10.8. The molecule has 82 valence electrons. The minimum Gasteiger partial charge on any atom is -0.382 e. The van der Waals surface area contributed by atoms with Crippen LogP contribution < -0.4 is 11.1 Å². The predicted octanol–water partition coefficient (Wildman–Crippen LogP) is 1.08. The Labute approximate surface area is 90.3 Å². The Kier molecular flexibility index (Phi) is 2.86. The lowest BCUT2D eigenvalue weighted by Gasteiger charge is -2.29. The number of nitrogens with one attached hydrogen (secondary N) is 1. The van der Waals surface area contributed by atoms with Gasteiger partial charge in [-0.3, -0.25) is 0 Å². The van der Waals surface area contributed by atoms with Crippen LogP contribution in [0.3, 0.4) is 0 Å². The van der Waals surface area contributed by atoms with Crippen molar-refractivity contribution in [3.05, 3.63) is 17.3 Å². The molecule has 4 heteroatoms. The first-order chi connectivity index (χ1) is 7.18.